The molecule has 0 atom stereocenters. The summed E-state index contributed by atoms with van der Waals surface area (Å²) >= 11 is 0. The van der Waals surface area contributed by atoms with Gasteiger partial charge < -0.3 is 4.74 Å². The van der Waals surface area contributed by atoms with Crippen molar-refractivity contribution in [2.24, 2.45) is 5.10 Å². The summed E-state index contributed by atoms with van der Waals surface area (Å²) in [4.78, 5) is 11.0. The molecule has 0 bridgehead atoms. The molecule has 2 aromatic rings. The van der Waals surface area contributed by atoms with E-state index in [1.54, 1.807) is 0 Å². The number of rotatable bonds is 2. The molecule has 26 heavy (non-hydrogen) atoms. The van der Waals surface area contributed by atoms with Gasteiger partial charge in [0.05, 0.1) is 23.0 Å². The highest BCUT2D eigenvalue weighted by molar-refractivity contribution is 5.98. The molecule has 138 valence electrons. The number of ether oxygens (including phenoxy) is 1. The maximum absolute atomic E-state index is 13.4. The van der Waals surface area contributed by atoms with Gasteiger partial charge in [0, 0.05) is 11.8 Å². The molecule has 0 spiro atoms. The van der Waals surface area contributed by atoms with Gasteiger partial charge in [-0.1, -0.05) is 0 Å². The minimum Gasteiger partial charge on any atom is -0.466 e. The van der Waals surface area contributed by atoms with E-state index >= 15 is 0 Å². The molecule has 1 aliphatic heterocycles. The predicted molar refractivity (Wildman–Crippen MR) is 74.2 cm³/mol. The van der Waals surface area contributed by atoms with Crippen LogP contribution in [0.4, 0.5) is 26.3 Å². The summed E-state index contributed by atoms with van der Waals surface area (Å²) in [5.41, 5.74) is -1.08. The first-order chi connectivity index (χ1) is 12.1. The number of carbonyl (C=O) groups excluding carboxylic acids is 1. The molecule has 1 aromatic heterocycles. The van der Waals surface area contributed by atoms with Crippen molar-refractivity contribution in [1.82, 2.24) is 15.2 Å². The van der Waals surface area contributed by atoms with E-state index in [1.165, 1.54) is 0 Å². The van der Waals surface area contributed by atoms with E-state index < -0.39 is 41.7 Å². The first kappa shape index (κ1) is 17.8. The molecule has 1 aliphatic rings. The predicted octanol–water partition coefficient (Wildman–Crippen LogP) is 2.72. The number of carbonyl (C=O) groups is 1. The van der Waals surface area contributed by atoms with Gasteiger partial charge in [0.2, 0.25) is 5.90 Å². The minimum atomic E-state index is -4.88. The molecule has 6 nitrogen and oxygen atoms in total. The first-order valence-electron chi connectivity index (χ1n) is 6.89. The van der Waals surface area contributed by atoms with Gasteiger partial charge >= 0.3 is 12.4 Å². The van der Waals surface area contributed by atoms with Crippen molar-refractivity contribution < 1.29 is 35.9 Å². The van der Waals surface area contributed by atoms with Gasteiger partial charge in [-0.2, -0.15) is 31.4 Å². The zero-order valence-corrected chi connectivity index (χ0v) is 12.5. The van der Waals surface area contributed by atoms with Gasteiger partial charge in [0.15, 0.2) is 6.61 Å². The van der Waals surface area contributed by atoms with Crippen LogP contribution in [0.25, 0.3) is 5.69 Å². The summed E-state index contributed by atoms with van der Waals surface area (Å²) in [6.45, 7) is -0.421. The van der Waals surface area contributed by atoms with Crippen LogP contribution in [0.3, 0.4) is 0 Å². The van der Waals surface area contributed by atoms with Gasteiger partial charge in [0.25, 0.3) is 5.91 Å². The molecule has 3 rings (SSSR count). The van der Waals surface area contributed by atoms with Gasteiger partial charge in [-0.3, -0.25) is 4.79 Å². The molecular formula is C14H8F6N4O2. The number of nitrogens with one attached hydrogen (secondary N) is 1. The Morgan fingerprint density at radius 1 is 1.12 bits per heavy atom. The lowest BCUT2D eigenvalue weighted by Crippen LogP contribution is -2.32. The van der Waals surface area contributed by atoms with Crippen molar-refractivity contribution in [2.75, 3.05) is 6.61 Å². The second-order valence-electron chi connectivity index (χ2n) is 5.14. The molecule has 1 aromatic carbocycles. The Morgan fingerprint density at radius 2 is 1.85 bits per heavy atom. The third-order valence-electron chi connectivity index (χ3n) is 3.33. The van der Waals surface area contributed by atoms with Crippen molar-refractivity contribution >= 4 is 11.8 Å². The second-order valence-corrected chi connectivity index (χ2v) is 5.14. The second kappa shape index (κ2) is 6.04. The van der Waals surface area contributed by atoms with Crippen molar-refractivity contribution in [3.05, 3.63) is 47.3 Å². The molecule has 0 unspecified atom stereocenters. The van der Waals surface area contributed by atoms with Gasteiger partial charge in [-0.25, -0.2) is 10.1 Å². The lowest BCUT2D eigenvalue weighted by Gasteiger charge is -2.17. The smallest absolute Gasteiger partial charge is 0.419 e. The van der Waals surface area contributed by atoms with Crippen LogP contribution in [0.5, 0.6) is 0 Å². The Labute approximate surface area is 141 Å². The van der Waals surface area contributed by atoms with Crippen molar-refractivity contribution in [3.8, 4) is 5.69 Å². The maximum Gasteiger partial charge on any atom is 0.419 e. The third-order valence-corrected chi connectivity index (χ3v) is 3.33. The summed E-state index contributed by atoms with van der Waals surface area (Å²) in [7, 11) is 0. The molecule has 2 heterocycles. The standard InChI is InChI=1S/C14H8F6N4O2/c15-13(16,17)8-4-21-24(5-8)10-2-1-7(3-9(10)14(18,19)20)12-23-22-11(25)6-26-12/h1-5H,6H2,(H,22,25). The summed E-state index contributed by atoms with van der Waals surface area (Å²) < 4.78 is 83.5. The van der Waals surface area contributed by atoms with Gasteiger partial charge in [-0.05, 0) is 18.2 Å². The fourth-order valence-electron chi connectivity index (χ4n) is 2.16. The highest BCUT2D eigenvalue weighted by atomic mass is 19.4. The molecule has 12 heteroatoms. The molecular weight excluding hydrogens is 370 g/mol. The van der Waals surface area contributed by atoms with Crippen molar-refractivity contribution in [3.63, 3.8) is 0 Å². The van der Waals surface area contributed by atoms with E-state index in [9.17, 15) is 31.1 Å². The average Bonchev–Trinajstić information content (AvgIpc) is 3.04. The Kier molecular flexibility index (Phi) is 4.12. The Hall–Kier alpha value is -3.05. The summed E-state index contributed by atoms with van der Waals surface area (Å²) in [5.74, 6) is -0.823. The largest absolute Gasteiger partial charge is 0.466 e. The zero-order chi connectivity index (χ0) is 19.1. The zero-order valence-electron chi connectivity index (χ0n) is 12.5. The molecule has 1 N–H and O–H groups in total. The Morgan fingerprint density at radius 3 is 2.38 bits per heavy atom. The Bertz CT molecular complexity index is 884. The van der Waals surface area contributed by atoms with E-state index in [-0.39, 0.29) is 11.5 Å². The van der Waals surface area contributed by atoms with E-state index in [4.69, 9.17) is 4.74 Å². The topological polar surface area (TPSA) is 68.5 Å². The summed E-state index contributed by atoms with van der Waals surface area (Å²) in [6, 6.07) is 2.75. The summed E-state index contributed by atoms with van der Waals surface area (Å²) in [6.07, 6.45) is -8.73. The van der Waals surface area contributed by atoms with Crippen molar-refractivity contribution in [2.45, 2.75) is 12.4 Å². The normalized spacial score (nSPS) is 15.3. The van der Waals surface area contributed by atoms with Crippen LogP contribution in [0.2, 0.25) is 0 Å². The van der Waals surface area contributed by atoms with Crippen LogP contribution in [0, 0.1) is 0 Å². The lowest BCUT2D eigenvalue weighted by atomic mass is 10.1. The number of amides is 1. The van der Waals surface area contributed by atoms with Crippen LogP contribution in [-0.4, -0.2) is 28.2 Å². The van der Waals surface area contributed by atoms with Crippen LogP contribution in [0.15, 0.2) is 35.7 Å². The fraction of sp³-hybridized carbons (Fsp3) is 0.214. The van der Waals surface area contributed by atoms with Crippen LogP contribution in [-0.2, 0) is 21.9 Å². The minimum absolute atomic E-state index is 0.107. The number of hydrogen-bond acceptors (Lipinski definition) is 4. The number of benzene rings is 1. The van der Waals surface area contributed by atoms with Crippen LogP contribution >= 0.6 is 0 Å². The fourth-order valence-corrected chi connectivity index (χ4v) is 2.16. The molecule has 0 aliphatic carbocycles. The highest BCUT2D eigenvalue weighted by Gasteiger charge is 2.37. The molecule has 0 radical (unpaired) electrons. The quantitative estimate of drug-likeness (QED) is 0.818. The van der Waals surface area contributed by atoms with Crippen LogP contribution in [0.1, 0.15) is 16.7 Å². The summed E-state index contributed by atoms with van der Waals surface area (Å²) in [5, 5.41) is 6.86. The monoisotopic (exact) mass is 378 g/mol. The number of hydrazone groups is 1. The number of nitrogens with zero attached hydrogens (tertiary/aromatic N) is 3. The van der Waals surface area contributed by atoms with E-state index in [0.29, 0.717) is 23.1 Å². The molecule has 1 amide bonds. The number of hydrogen-bond donors (Lipinski definition) is 1. The SMILES string of the molecule is O=C1COC(c2ccc(-n3cc(C(F)(F)F)cn3)c(C(F)(F)F)c2)=NN1. The number of aromatic nitrogens is 2. The van der Waals surface area contributed by atoms with Crippen LogP contribution < -0.4 is 5.43 Å². The van der Waals surface area contributed by atoms with Gasteiger partial charge in [-0.15, -0.1) is 5.10 Å². The maximum atomic E-state index is 13.4. The van der Waals surface area contributed by atoms with E-state index in [1.807, 2.05) is 0 Å². The van der Waals surface area contributed by atoms with E-state index in [2.05, 4.69) is 15.6 Å². The van der Waals surface area contributed by atoms with E-state index in [0.717, 1.165) is 12.1 Å². The first-order valence-corrected chi connectivity index (χ1v) is 6.89. The lowest BCUT2D eigenvalue weighted by molar-refractivity contribution is -0.137. The number of alkyl halides is 6. The number of halogens is 6. The Balaban J connectivity index is 2.06. The third kappa shape index (κ3) is 3.48. The molecule has 0 saturated heterocycles. The van der Waals surface area contributed by atoms with Crippen molar-refractivity contribution in [1.29, 1.82) is 0 Å². The highest BCUT2D eigenvalue weighted by Crippen LogP contribution is 2.36. The molecule has 0 saturated carbocycles. The molecule has 0 fully saturated rings. The average molecular weight is 378 g/mol. The van der Waals surface area contributed by atoms with Gasteiger partial charge in [0.1, 0.15) is 0 Å².